The molecule has 0 saturated carbocycles. The van der Waals surface area contributed by atoms with Crippen LogP contribution in [0.25, 0.3) is 10.9 Å². The highest BCUT2D eigenvalue weighted by Gasteiger charge is 2.12. The van der Waals surface area contributed by atoms with Crippen LogP contribution in [0.4, 0.5) is 0 Å². The molecule has 5 heteroatoms. The van der Waals surface area contributed by atoms with Crippen molar-refractivity contribution < 1.29 is 9.47 Å². The lowest BCUT2D eigenvalue weighted by Gasteiger charge is -2.15. The highest BCUT2D eigenvalue weighted by Crippen LogP contribution is 2.34. The van der Waals surface area contributed by atoms with E-state index in [1.54, 1.807) is 7.11 Å². The van der Waals surface area contributed by atoms with Crippen LogP contribution in [-0.4, -0.2) is 25.2 Å². The fourth-order valence-corrected chi connectivity index (χ4v) is 3.48. The summed E-state index contributed by atoms with van der Waals surface area (Å²) in [5.74, 6) is 1.57. The van der Waals surface area contributed by atoms with Crippen molar-refractivity contribution in [1.82, 2.24) is 10.3 Å². The van der Waals surface area contributed by atoms with Crippen molar-refractivity contribution in [2.24, 2.45) is 0 Å². The van der Waals surface area contributed by atoms with Crippen LogP contribution in [0.15, 0.2) is 47.1 Å². The van der Waals surface area contributed by atoms with Crippen molar-refractivity contribution in [1.29, 1.82) is 0 Å². The van der Waals surface area contributed by atoms with Gasteiger partial charge in [0.15, 0.2) is 11.5 Å². The number of fused-ring (bicyclic) bond motifs is 1. The molecule has 0 unspecified atom stereocenters. The first kappa shape index (κ1) is 17.8. The molecule has 3 aromatic rings. The van der Waals surface area contributed by atoms with Crippen molar-refractivity contribution >= 4 is 26.8 Å². The van der Waals surface area contributed by atoms with Gasteiger partial charge < -0.3 is 19.8 Å². The van der Waals surface area contributed by atoms with Gasteiger partial charge in [-0.3, -0.25) is 0 Å². The van der Waals surface area contributed by atoms with Crippen LogP contribution in [-0.2, 0) is 13.0 Å². The minimum absolute atomic E-state index is 0.611. The predicted octanol–water partition coefficient (Wildman–Crippen LogP) is 4.67. The highest BCUT2D eigenvalue weighted by atomic mass is 79.9. The standard InChI is InChI=1S/C20H23BrN2O2/c1-3-25-20-15(10-16(21)11-19(20)24-2)12-22-9-8-14-13-23-18-7-5-4-6-17(14)18/h4-7,10-11,13,22-23H,3,8-9,12H2,1-2H3. The van der Waals surface area contributed by atoms with Gasteiger partial charge in [-0.25, -0.2) is 0 Å². The molecular weight excluding hydrogens is 380 g/mol. The number of nitrogens with one attached hydrogen (secondary N) is 2. The summed E-state index contributed by atoms with van der Waals surface area (Å²) in [6.45, 7) is 4.21. The Bertz CT molecular complexity index is 845. The Labute approximate surface area is 156 Å². The van der Waals surface area contributed by atoms with E-state index in [1.807, 2.05) is 13.0 Å². The van der Waals surface area contributed by atoms with Crippen molar-refractivity contribution in [3.8, 4) is 11.5 Å². The Morgan fingerprint density at radius 2 is 2.00 bits per heavy atom. The molecule has 4 nitrogen and oxygen atoms in total. The van der Waals surface area contributed by atoms with Gasteiger partial charge in [-0.1, -0.05) is 34.1 Å². The third-order valence-corrected chi connectivity index (χ3v) is 4.62. The van der Waals surface area contributed by atoms with Gasteiger partial charge in [-0.15, -0.1) is 0 Å². The second-order valence-electron chi connectivity index (χ2n) is 5.82. The number of H-pyrrole nitrogens is 1. The minimum atomic E-state index is 0.611. The fraction of sp³-hybridized carbons (Fsp3) is 0.300. The maximum absolute atomic E-state index is 5.78. The van der Waals surface area contributed by atoms with Crippen LogP contribution in [0.5, 0.6) is 11.5 Å². The molecule has 0 spiro atoms. The van der Waals surface area contributed by atoms with E-state index in [0.29, 0.717) is 6.61 Å². The SMILES string of the molecule is CCOc1c(CNCCc2c[nH]c3ccccc23)cc(Br)cc1OC. The number of hydrogen-bond acceptors (Lipinski definition) is 3. The second kappa shape index (κ2) is 8.41. The number of halogens is 1. The molecule has 2 N–H and O–H groups in total. The monoisotopic (exact) mass is 402 g/mol. The van der Waals surface area contributed by atoms with E-state index in [-0.39, 0.29) is 0 Å². The van der Waals surface area contributed by atoms with Crippen LogP contribution in [0, 0.1) is 0 Å². The molecule has 0 atom stereocenters. The summed E-state index contributed by atoms with van der Waals surface area (Å²) in [7, 11) is 1.67. The Morgan fingerprint density at radius 1 is 1.16 bits per heavy atom. The third-order valence-electron chi connectivity index (χ3n) is 4.17. The van der Waals surface area contributed by atoms with Gasteiger partial charge in [-0.05, 0) is 43.7 Å². The summed E-state index contributed by atoms with van der Waals surface area (Å²) in [6, 6.07) is 12.4. The Morgan fingerprint density at radius 3 is 2.80 bits per heavy atom. The summed E-state index contributed by atoms with van der Waals surface area (Å²) in [5.41, 5.74) is 3.61. The van der Waals surface area contributed by atoms with Gasteiger partial charge in [-0.2, -0.15) is 0 Å². The molecule has 2 aromatic carbocycles. The van der Waals surface area contributed by atoms with E-state index in [9.17, 15) is 0 Å². The molecule has 0 fully saturated rings. The molecule has 0 radical (unpaired) electrons. The largest absolute Gasteiger partial charge is 0.493 e. The maximum atomic E-state index is 5.78. The zero-order valence-electron chi connectivity index (χ0n) is 14.6. The third kappa shape index (κ3) is 4.17. The molecule has 0 amide bonds. The number of hydrogen-bond donors (Lipinski definition) is 2. The zero-order chi connectivity index (χ0) is 17.6. The van der Waals surface area contributed by atoms with E-state index in [0.717, 1.165) is 41.0 Å². The maximum Gasteiger partial charge on any atom is 0.165 e. The number of aromatic nitrogens is 1. The molecule has 0 aliphatic heterocycles. The average Bonchev–Trinajstić information content (AvgIpc) is 3.03. The van der Waals surface area contributed by atoms with Crippen molar-refractivity contribution in [3.05, 3.63) is 58.2 Å². The quantitative estimate of drug-likeness (QED) is 0.538. The van der Waals surface area contributed by atoms with Crippen molar-refractivity contribution in [3.63, 3.8) is 0 Å². The molecule has 3 rings (SSSR count). The lowest BCUT2D eigenvalue weighted by molar-refractivity contribution is 0.306. The zero-order valence-corrected chi connectivity index (χ0v) is 16.2. The summed E-state index contributed by atoms with van der Waals surface area (Å²) < 4.78 is 12.2. The van der Waals surface area contributed by atoms with Gasteiger partial charge in [0.05, 0.1) is 13.7 Å². The van der Waals surface area contributed by atoms with Gasteiger partial charge in [0.1, 0.15) is 0 Å². The average molecular weight is 403 g/mol. The summed E-state index contributed by atoms with van der Waals surface area (Å²) in [6.07, 6.45) is 3.07. The number of para-hydroxylation sites is 1. The van der Waals surface area contributed by atoms with Gasteiger partial charge in [0.25, 0.3) is 0 Å². The molecule has 1 aromatic heterocycles. The summed E-state index contributed by atoms with van der Waals surface area (Å²) >= 11 is 3.54. The number of benzene rings is 2. The van der Waals surface area contributed by atoms with E-state index in [4.69, 9.17) is 9.47 Å². The minimum Gasteiger partial charge on any atom is -0.493 e. The summed E-state index contributed by atoms with van der Waals surface area (Å²) in [5, 5.41) is 4.81. The predicted molar refractivity (Wildman–Crippen MR) is 106 cm³/mol. The van der Waals surface area contributed by atoms with Gasteiger partial charge >= 0.3 is 0 Å². The molecule has 0 aliphatic rings. The van der Waals surface area contributed by atoms with Crippen LogP contribution in [0.2, 0.25) is 0 Å². The van der Waals surface area contributed by atoms with Crippen LogP contribution in [0.1, 0.15) is 18.1 Å². The topological polar surface area (TPSA) is 46.3 Å². The number of ether oxygens (including phenoxy) is 2. The number of rotatable bonds is 8. The number of aromatic amines is 1. The molecule has 0 saturated heterocycles. The lowest BCUT2D eigenvalue weighted by Crippen LogP contribution is -2.17. The molecule has 132 valence electrons. The van der Waals surface area contributed by atoms with Gasteiger partial charge in [0.2, 0.25) is 0 Å². The Kier molecular flexibility index (Phi) is 6.00. The first-order valence-corrected chi connectivity index (χ1v) is 9.27. The summed E-state index contributed by atoms with van der Waals surface area (Å²) in [4.78, 5) is 3.32. The van der Waals surface area contributed by atoms with E-state index >= 15 is 0 Å². The fourth-order valence-electron chi connectivity index (χ4n) is 3.00. The van der Waals surface area contributed by atoms with Crippen molar-refractivity contribution in [2.75, 3.05) is 20.3 Å². The molecular formula is C20H23BrN2O2. The van der Waals surface area contributed by atoms with E-state index in [2.05, 4.69) is 62.8 Å². The first-order chi connectivity index (χ1) is 12.2. The Hall–Kier alpha value is -1.98. The first-order valence-electron chi connectivity index (χ1n) is 8.47. The normalized spacial score (nSPS) is 11.0. The van der Waals surface area contributed by atoms with E-state index in [1.165, 1.54) is 16.5 Å². The lowest BCUT2D eigenvalue weighted by atomic mass is 10.1. The number of methoxy groups -OCH3 is 1. The van der Waals surface area contributed by atoms with Crippen LogP contribution < -0.4 is 14.8 Å². The smallest absolute Gasteiger partial charge is 0.165 e. The Balaban J connectivity index is 1.64. The second-order valence-corrected chi connectivity index (χ2v) is 6.73. The van der Waals surface area contributed by atoms with E-state index < -0.39 is 0 Å². The molecule has 25 heavy (non-hydrogen) atoms. The highest BCUT2D eigenvalue weighted by molar-refractivity contribution is 9.10. The molecule has 1 heterocycles. The van der Waals surface area contributed by atoms with Crippen molar-refractivity contribution in [2.45, 2.75) is 19.9 Å². The molecule has 0 bridgehead atoms. The van der Waals surface area contributed by atoms with Crippen LogP contribution in [0.3, 0.4) is 0 Å². The van der Waals surface area contributed by atoms with Gasteiger partial charge in [0, 0.05) is 33.7 Å². The molecule has 0 aliphatic carbocycles. The van der Waals surface area contributed by atoms with Crippen LogP contribution >= 0.6 is 15.9 Å².